The number of methoxy groups -OCH3 is 1. The minimum absolute atomic E-state index is 0.0351. The maximum absolute atomic E-state index is 13.9. The van der Waals surface area contributed by atoms with Gasteiger partial charge in [0.15, 0.2) is 0 Å². The van der Waals surface area contributed by atoms with Crippen LogP contribution in [-0.4, -0.2) is 58.1 Å². The summed E-state index contributed by atoms with van der Waals surface area (Å²) in [6.45, 7) is 1.20. The number of likely N-dealkylation sites (N-methyl/N-ethyl adjacent to an activating group) is 1. The van der Waals surface area contributed by atoms with Gasteiger partial charge in [0, 0.05) is 20.0 Å². The van der Waals surface area contributed by atoms with Crippen LogP contribution in [0.25, 0.3) is 0 Å². The van der Waals surface area contributed by atoms with Gasteiger partial charge in [0.2, 0.25) is 21.8 Å². The molecule has 0 saturated heterocycles. The molecule has 0 heterocycles. The van der Waals surface area contributed by atoms with E-state index < -0.39 is 40.2 Å². The summed E-state index contributed by atoms with van der Waals surface area (Å²) in [5.41, 5.74) is 2.39. The number of benzene rings is 3. The Bertz CT molecular complexity index is 1360. The Kier molecular flexibility index (Phi) is 9.46. The number of amides is 2. The topological polar surface area (TPSA) is 96.0 Å². The third-order valence-corrected chi connectivity index (χ3v) is 7.19. The van der Waals surface area contributed by atoms with Crippen molar-refractivity contribution in [3.05, 3.63) is 95.3 Å². The predicted octanol–water partition coefficient (Wildman–Crippen LogP) is 3.29. The minimum atomic E-state index is -3.93. The van der Waals surface area contributed by atoms with Crippen LogP contribution in [0.4, 0.5) is 10.1 Å². The van der Waals surface area contributed by atoms with Crippen molar-refractivity contribution in [2.24, 2.45) is 0 Å². The van der Waals surface area contributed by atoms with Crippen molar-refractivity contribution in [3.8, 4) is 5.75 Å². The second-order valence-electron chi connectivity index (χ2n) is 8.91. The first-order chi connectivity index (χ1) is 18.0. The van der Waals surface area contributed by atoms with Crippen molar-refractivity contribution in [1.29, 1.82) is 0 Å². The highest BCUT2D eigenvalue weighted by Gasteiger charge is 2.33. The first-order valence-electron chi connectivity index (χ1n) is 11.9. The van der Waals surface area contributed by atoms with Gasteiger partial charge in [-0.05, 0) is 47.9 Å². The molecule has 0 spiro atoms. The molecule has 38 heavy (non-hydrogen) atoms. The fourth-order valence-electron chi connectivity index (χ4n) is 4.10. The summed E-state index contributed by atoms with van der Waals surface area (Å²) in [6, 6.07) is 18.9. The SMILES string of the molecule is CNC(=O)[C@H](Cc1ccccc1)N(Cc1ccc(F)cc1)C(=O)CN(c1cc(C)ccc1OC)S(C)(=O)=O. The Morgan fingerprint density at radius 3 is 2.24 bits per heavy atom. The summed E-state index contributed by atoms with van der Waals surface area (Å²) in [5, 5.41) is 2.61. The number of nitrogens with one attached hydrogen (secondary N) is 1. The number of carbonyl (C=O) groups excluding carboxylic acids is 2. The van der Waals surface area contributed by atoms with Crippen molar-refractivity contribution in [2.75, 3.05) is 31.3 Å². The Balaban J connectivity index is 2.06. The maximum atomic E-state index is 13.9. The van der Waals surface area contributed by atoms with Crippen molar-refractivity contribution >= 4 is 27.5 Å². The first-order valence-corrected chi connectivity index (χ1v) is 13.8. The molecule has 0 aliphatic rings. The van der Waals surface area contributed by atoms with Gasteiger partial charge in [-0.1, -0.05) is 48.5 Å². The lowest BCUT2D eigenvalue weighted by Crippen LogP contribution is -2.52. The lowest BCUT2D eigenvalue weighted by molar-refractivity contribution is -0.139. The molecule has 0 unspecified atom stereocenters. The van der Waals surface area contributed by atoms with Crippen molar-refractivity contribution in [1.82, 2.24) is 10.2 Å². The highest BCUT2D eigenvalue weighted by Crippen LogP contribution is 2.31. The summed E-state index contributed by atoms with van der Waals surface area (Å²) >= 11 is 0. The van der Waals surface area contributed by atoms with Crippen LogP contribution in [0.1, 0.15) is 16.7 Å². The van der Waals surface area contributed by atoms with Gasteiger partial charge in [-0.25, -0.2) is 12.8 Å². The van der Waals surface area contributed by atoms with E-state index in [0.29, 0.717) is 5.56 Å². The zero-order valence-electron chi connectivity index (χ0n) is 21.8. The third kappa shape index (κ3) is 7.32. The Hall–Kier alpha value is -3.92. The van der Waals surface area contributed by atoms with E-state index in [1.165, 1.54) is 43.3 Å². The number of nitrogens with zero attached hydrogens (tertiary/aromatic N) is 2. The lowest BCUT2D eigenvalue weighted by Gasteiger charge is -2.33. The second-order valence-corrected chi connectivity index (χ2v) is 10.8. The summed E-state index contributed by atoms with van der Waals surface area (Å²) in [5.74, 6) is -1.17. The zero-order chi connectivity index (χ0) is 27.9. The average molecular weight is 542 g/mol. The number of rotatable bonds is 11. The molecule has 2 amide bonds. The van der Waals surface area contributed by atoms with Crippen molar-refractivity contribution in [3.63, 3.8) is 0 Å². The molecule has 8 nitrogen and oxygen atoms in total. The van der Waals surface area contributed by atoms with Crippen LogP contribution in [0.2, 0.25) is 0 Å². The normalized spacial score (nSPS) is 11.9. The maximum Gasteiger partial charge on any atom is 0.244 e. The largest absolute Gasteiger partial charge is 0.495 e. The van der Waals surface area contributed by atoms with E-state index in [1.807, 2.05) is 30.3 Å². The second kappa shape index (κ2) is 12.6. The molecule has 0 aromatic heterocycles. The fourth-order valence-corrected chi connectivity index (χ4v) is 4.94. The molecule has 10 heteroatoms. The van der Waals surface area contributed by atoms with E-state index >= 15 is 0 Å². The van der Waals surface area contributed by atoms with E-state index in [-0.39, 0.29) is 24.4 Å². The highest BCUT2D eigenvalue weighted by molar-refractivity contribution is 7.92. The molecule has 0 radical (unpaired) electrons. The number of halogens is 1. The molecule has 1 N–H and O–H groups in total. The molecule has 3 aromatic rings. The minimum Gasteiger partial charge on any atom is -0.495 e. The summed E-state index contributed by atoms with van der Waals surface area (Å²) in [6.07, 6.45) is 1.20. The van der Waals surface area contributed by atoms with Crippen LogP contribution in [0.15, 0.2) is 72.8 Å². The summed E-state index contributed by atoms with van der Waals surface area (Å²) in [7, 11) is -1.04. The Morgan fingerprint density at radius 1 is 1.00 bits per heavy atom. The highest BCUT2D eigenvalue weighted by atomic mass is 32.2. The number of sulfonamides is 1. The van der Waals surface area contributed by atoms with E-state index in [1.54, 1.807) is 25.1 Å². The fraction of sp³-hybridized carbons (Fsp3) is 0.286. The zero-order valence-corrected chi connectivity index (χ0v) is 22.7. The average Bonchev–Trinajstić information content (AvgIpc) is 2.89. The Morgan fingerprint density at radius 2 is 1.66 bits per heavy atom. The van der Waals surface area contributed by atoms with Crippen molar-refractivity contribution in [2.45, 2.75) is 25.9 Å². The van der Waals surface area contributed by atoms with Crippen molar-refractivity contribution < 1.29 is 27.1 Å². The molecule has 3 rings (SSSR count). The molecule has 3 aromatic carbocycles. The lowest BCUT2D eigenvalue weighted by atomic mass is 10.0. The number of hydrogen-bond acceptors (Lipinski definition) is 5. The summed E-state index contributed by atoms with van der Waals surface area (Å²) < 4.78 is 45.7. The molecule has 0 aliphatic heterocycles. The van der Waals surface area contributed by atoms with E-state index in [4.69, 9.17) is 4.74 Å². The van der Waals surface area contributed by atoms with Crippen LogP contribution in [0, 0.1) is 12.7 Å². The predicted molar refractivity (Wildman–Crippen MR) is 145 cm³/mol. The first kappa shape index (κ1) is 28.6. The van der Waals surface area contributed by atoms with Crippen LogP contribution >= 0.6 is 0 Å². The van der Waals surface area contributed by atoms with Gasteiger partial charge in [0.25, 0.3) is 0 Å². The molecule has 1 atom stereocenters. The smallest absolute Gasteiger partial charge is 0.244 e. The number of carbonyl (C=O) groups is 2. The molecule has 0 saturated carbocycles. The monoisotopic (exact) mass is 541 g/mol. The van der Waals surface area contributed by atoms with E-state index in [2.05, 4.69) is 5.32 Å². The molecule has 0 bridgehead atoms. The number of aryl methyl sites for hydroxylation is 1. The summed E-state index contributed by atoms with van der Waals surface area (Å²) in [4.78, 5) is 28.3. The molecule has 0 fully saturated rings. The molecule has 202 valence electrons. The number of anilines is 1. The standard InChI is InChI=1S/C28H32FN3O5S/c1-20-10-15-26(37-3)24(16-20)32(38(4,35)36)19-27(33)31(18-22-11-13-23(29)14-12-22)25(28(34)30-2)17-21-8-6-5-7-9-21/h5-16,25H,17-19H2,1-4H3,(H,30,34)/t25-/m0/s1. The van der Waals surface area contributed by atoms with Gasteiger partial charge in [-0.2, -0.15) is 0 Å². The quantitative estimate of drug-likeness (QED) is 0.402. The number of hydrogen-bond donors (Lipinski definition) is 1. The van der Waals surface area contributed by atoms with E-state index in [0.717, 1.165) is 21.7 Å². The van der Waals surface area contributed by atoms with Gasteiger partial charge < -0.3 is 15.0 Å². The molecule has 0 aliphatic carbocycles. The van der Waals surface area contributed by atoms with Gasteiger partial charge in [0.1, 0.15) is 24.2 Å². The van der Waals surface area contributed by atoms with Crippen LogP contribution in [0.3, 0.4) is 0 Å². The van der Waals surface area contributed by atoms with Gasteiger partial charge >= 0.3 is 0 Å². The van der Waals surface area contributed by atoms with Gasteiger partial charge in [0.05, 0.1) is 19.1 Å². The molecular formula is C28H32FN3O5S. The number of ether oxygens (including phenoxy) is 1. The third-order valence-electron chi connectivity index (χ3n) is 6.07. The Labute approximate surface area is 223 Å². The van der Waals surface area contributed by atoms with E-state index in [9.17, 15) is 22.4 Å². The van der Waals surface area contributed by atoms with Gasteiger partial charge in [-0.3, -0.25) is 13.9 Å². The van der Waals surface area contributed by atoms with Gasteiger partial charge in [-0.15, -0.1) is 0 Å². The van der Waals surface area contributed by atoms with Crippen LogP contribution < -0.4 is 14.4 Å². The molecular weight excluding hydrogens is 509 g/mol. The van der Waals surface area contributed by atoms with Crippen LogP contribution in [-0.2, 0) is 32.6 Å². The van der Waals surface area contributed by atoms with Crippen LogP contribution in [0.5, 0.6) is 5.75 Å².